The number of aliphatic carboxylic acids is 1. The number of carbonyl (C=O) groups is 3. The van der Waals surface area contributed by atoms with E-state index in [2.05, 4.69) is 10.7 Å². The van der Waals surface area contributed by atoms with Crippen molar-refractivity contribution in [2.45, 2.75) is 18.6 Å². The highest BCUT2D eigenvalue weighted by Crippen LogP contribution is 2.14. The fourth-order valence-corrected chi connectivity index (χ4v) is 1.36. The van der Waals surface area contributed by atoms with Crippen LogP contribution >= 0.6 is 0 Å². The van der Waals surface area contributed by atoms with E-state index in [1.165, 1.54) is 0 Å². The fraction of sp³-hybridized carbons (Fsp3) is 0.267. The minimum atomic E-state index is -5.08. The van der Waals surface area contributed by atoms with Crippen molar-refractivity contribution in [1.82, 2.24) is 0 Å². The molecule has 0 fully saturated rings. The van der Waals surface area contributed by atoms with E-state index in [4.69, 9.17) is 27.8 Å². The molecule has 0 bridgehead atoms. The highest BCUT2D eigenvalue weighted by molar-refractivity contribution is 6.02. The Bertz CT molecular complexity index is 668. The molecule has 0 aliphatic carbocycles. The molecule has 136 valence electrons. The van der Waals surface area contributed by atoms with Crippen LogP contribution in [0.2, 0.25) is 0 Å². The molecule has 1 atom stereocenters. The van der Waals surface area contributed by atoms with Gasteiger partial charge in [0.1, 0.15) is 6.04 Å². The summed E-state index contributed by atoms with van der Waals surface area (Å²) in [5, 5.41) is 7.12. The highest BCUT2D eigenvalue weighted by Gasteiger charge is 2.38. The van der Waals surface area contributed by atoms with Crippen LogP contribution in [0.5, 0.6) is 0 Å². The third-order valence-electron chi connectivity index (χ3n) is 2.51. The molecule has 0 spiro atoms. The maximum absolute atomic E-state index is 11.8. The van der Waals surface area contributed by atoms with Gasteiger partial charge in [0.05, 0.1) is 0 Å². The Balaban J connectivity index is 0.000000697. The molecule has 5 N–H and O–H groups in total. The number of hydrogen-bond acceptors (Lipinski definition) is 6. The van der Waals surface area contributed by atoms with Crippen molar-refractivity contribution in [1.29, 1.82) is 0 Å². The van der Waals surface area contributed by atoms with E-state index in [1.807, 2.05) is 0 Å². The standard InChI is InChI=1S/C13H14N2O3.C2HF3O2/c1-2-7-18-13(17)11(15)8-12(16)9-5-3-4-6-10(9)14;3-2(4,5)1(6)7/h1,3-6,11H,7-8,14-15H2;(H,6,7). The molecular weight excluding hydrogens is 345 g/mol. The number of carboxylic acids is 1. The molecule has 0 saturated carbocycles. The molecule has 25 heavy (non-hydrogen) atoms. The maximum Gasteiger partial charge on any atom is 0.490 e. The predicted molar refractivity (Wildman–Crippen MR) is 81.3 cm³/mol. The Hall–Kier alpha value is -3.06. The smallest absolute Gasteiger partial charge is 0.475 e. The Kier molecular flexibility index (Phi) is 8.72. The SMILES string of the molecule is C#CCOC(=O)C(N)CC(=O)c1ccccc1N.O=C(O)C(F)(F)F. The van der Waals surface area contributed by atoms with Crippen molar-refractivity contribution in [3.05, 3.63) is 29.8 Å². The first kappa shape index (κ1) is 21.9. The van der Waals surface area contributed by atoms with Gasteiger partial charge in [0.2, 0.25) is 0 Å². The van der Waals surface area contributed by atoms with Gasteiger partial charge < -0.3 is 21.3 Å². The molecular formula is C15H15F3N2O5. The van der Waals surface area contributed by atoms with Crippen LogP contribution in [0, 0.1) is 12.3 Å². The quantitative estimate of drug-likeness (QED) is 0.308. The van der Waals surface area contributed by atoms with Crippen molar-refractivity contribution in [3.63, 3.8) is 0 Å². The number of esters is 1. The molecule has 0 amide bonds. The van der Waals surface area contributed by atoms with E-state index in [0.717, 1.165) is 0 Å². The lowest BCUT2D eigenvalue weighted by atomic mass is 10.0. The van der Waals surface area contributed by atoms with Crippen molar-refractivity contribution >= 4 is 23.4 Å². The average molecular weight is 360 g/mol. The summed E-state index contributed by atoms with van der Waals surface area (Å²) in [6, 6.07) is 5.55. The molecule has 0 heterocycles. The number of hydrogen-bond donors (Lipinski definition) is 3. The number of halogens is 3. The Labute approximate surface area is 140 Å². The largest absolute Gasteiger partial charge is 0.490 e. The predicted octanol–water partition coefficient (Wildman–Crippen LogP) is 0.979. The highest BCUT2D eigenvalue weighted by atomic mass is 19.4. The number of carbonyl (C=O) groups excluding carboxylic acids is 2. The van der Waals surface area contributed by atoms with Gasteiger partial charge >= 0.3 is 18.1 Å². The van der Waals surface area contributed by atoms with Crippen LogP contribution in [0.4, 0.5) is 18.9 Å². The van der Waals surface area contributed by atoms with Crippen LogP contribution in [-0.4, -0.2) is 41.7 Å². The number of alkyl halides is 3. The summed E-state index contributed by atoms with van der Waals surface area (Å²) in [4.78, 5) is 32.1. The summed E-state index contributed by atoms with van der Waals surface area (Å²) in [6.45, 7) is -0.159. The zero-order valence-electron chi connectivity index (χ0n) is 12.7. The molecule has 1 rings (SSSR count). The van der Waals surface area contributed by atoms with E-state index >= 15 is 0 Å². The third kappa shape index (κ3) is 8.38. The van der Waals surface area contributed by atoms with Gasteiger partial charge in [0, 0.05) is 17.7 Å². The summed E-state index contributed by atoms with van der Waals surface area (Å²) >= 11 is 0. The van der Waals surface area contributed by atoms with Gasteiger partial charge in [-0.1, -0.05) is 18.1 Å². The zero-order valence-corrected chi connectivity index (χ0v) is 12.7. The number of terminal acetylenes is 1. The molecule has 7 nitrogen and oxygen atoms in total. The van der Waals surface area contributed by atoms with Gasteiger partial charge in [-0.2, -0.15) is 13.2 Å². The van der Waals surface area contributed by atoms with E-state index in [9.17, 15) is 22.8 Å². The summed E-state index contributed by atoms with van der Waals surface area (Å²) in [6.07, 6.45) is -0.315. The molecule has 1 aromatic carbocycles. The number of ether oxygens (including phenoxy) is 1. The van der Waals surface area contributed by atoms with E-state index in [0.29, 0.717) is 11.3 Å². The van der Waals surface area contributed by atoms with Gasteiger partial charge in [-0.25, -0.2) is 4.79 Å². The molecule has 0 aromatic heterocycles. The second kappa shape index (κ2) is 9.94. The minimum absolute atomic E-state index is 0.159. The van der Waals surface area contributed by atoms with E-state index in [-0.39, 0.29) is 18.8 Å². The molecule has 1 unspecified atom stereocenters. The van der Waals surface area contributed by atoms with Gasteiger partial charge in [0.15, 0.2) is 12.4 Å². The lowest BCUT2D eigenvalue weighted by Crippen LogP contribution is -2.34. The van der Waals surface area contributed by atoms with Crippen LogP contribution in [0.3, 0.4) is 0 Å². The van der Waals surface area contributed by atoms with Gasteiger partial charge in [-0.05, 0) is 12.1 Å². The fourth-order valence-electron chi connectivity index (χ4n) is 1.36. The van der Waals surface area contributed by atoms with Gasteiger partial charge in [-0.15, -0.1) is 6.42 Å². The number of carboxylic acid groups (broad SMARTS) is 1. The third-order valence-corrected chi connectivity index (χ3v) is 2.51. The van der Waals surface area contributed by atoms with Crippen LogP contribution in [0.15, 0.2) is 24.3 Å². The first-order valence-corrected chi connectivity index (χ1v) is 6.54. The monoisotopic (exact) mass is 360 g/mol. The van der Waals surface area contributed by atoms with Crippen LogP contribution in [0.25, 0.3) is 0 Å². The first-order chi connectivity index (χ1) is 11.5. The molecule has 0 saturated heterocycles. The Morgan fingerprint density at radius 3 is 2.24 bits per heavy atom. The Morgan fingerprint density at radius 2 is 1.80 bits per heavy atom. The normalized spacial score (nSPS) is 11.3. The topological polar surface area (TPSA) is 133 Å². The van der Waals surface area contributed by atoms with Crippen LogP contribution in [-0.2, 0) is 14.3 Å². The van der Waals surface area contributed by atoms with Crippen molar-refractivity contribution < 1.29 is 37.4 Å². The van der Waals surface area contributed by atoms with Crippen molar-refractivity contribution in [3.8, 4) is 12.3 Å². The number of Topliss-reactive ketones (excluding diaryl/α,β-unsaturated/α-hetero) is 1. The van der Waals surface area contributed by atoms with Gasteiger partial charge in [0.25, 0.3) is 0 Å². The first-order valence-electron chi connectivity index (χ1n) is 6.54. The van der Waals surface area contributed by atoms with Crippen molar-refractivity contribution in [2.75, 3.05) is 12.3 Å². The molecule has 0 aliphatic heterocycles. The Morgan fingerprint density at radius 1 is 1.28 bits per heavy atom. The number of para-hydroxylation sites is 1. The molecule has 0 aliphatic rings. The summed E-state index contributed by atoms with van der Waals surface area (Å²) in [7, 11) is 0. The number of benzene rings is 1. The lowest BCUT2D eigenvalue weighted by Gasteiger charge is -2.10. The zero-order chi connectivity index (χ0) is 19.6. The number of ketones is 1. The second-order valence-corrected chi connectivity index (χ2v) is 4.44. The molecule has 0 radical (unpaired) electrons. The number of rotatable bonds is 5. The van der Waals surface area contributed by atoms with E-state index < -0.39 is 24.2 Å². The van der Waals surface area contributed by atoms with Crippen LogP contribution < -0.4 is 11.5 Å². The number of nitrogens with two attached hydrogens (primary N) is 2. The maximum atomic E-state index is 11.8. The van der Waals surface area contributed by atoms with E-state index in [1.54, 1.807) is 24.3 Å². The minimum Gasteiger partial charge on any atom is -0.475 e. The second-order valence-electron chi connectivity index (χ2n) is 4.44. The summed E-state index contributed by atoms with van der Waals surface area (Å²) in [5.41, 5.74) is 11.9. The van der Waals surface area contributed by atoms with Crippen molar-refractivity contribution in [2.24, 2.45) is 5.73 Å². The number of nitrogen functional groups attached to an aromatic ring is 1. The molecule has 1 aromatic rings. The molecule has 10 heteroatoms. The lowest BCUT2D eigenvalue weighted by molar-refractivity contribution is -0.192. The summed E-state index contributed by atoms with van der Waals surface area (Å²) in [5.74, 6) is -1.62. The van der Waals surface area contributed by atoms with Crippen LogP contribution in [0.1, 0.15) is 16.8 Å². The number of anilines is 1. The summed E-state index contributed by atoms with van der Waals surface area (Å²) < 4.78 is 36.4. The average Bonchev–Trinajstić information content (AvgIpc) is 2.52. The van der Waals surface area contributed by atoms with Gasteiger partial charge in [-0.3, -0.25) is 9.59 Å².